The Morgan fingerprint density at radius 1 is 1.02 bits per heavy atom. The SMILES string of the molecule is COc1ccc(CCn2c(-c3ccc(N(CCO)CCO)cc3)nc3cc(C(CC(N)=O)NCC4CCCCC4)ccc32)cc1. The van der Waals surface area contributed by atoms with Crippen LogP contribution in [0, 0.1) is 5.92 Å². The Labute approximate surface area is 266 Å². The average Bonchev–Trinajstić information content (AvgIpc) is 3.44. The molecule has 1 saturated carbocycles. The van der Waals surface area contributed by atoms with Crippen LogP contribution in [0.15, 0.2) is 66.7 Å². The first kappa shape index (κ1) is 32.5. The van der Waals surface area contributed by atoms with Crippen LogP contribution in [0.25, 0.3) is 22.4 Å². The maximum Gasteiger partial charge on any atom is 0.219 e. The van der Waals surface area contributed by atoms with Crippen molar-refractivity contribution in [2.45, 2.75) is 57.5 Å². The summed E-state index contributed by atoms with van der Waals surface area (Å²) in [7, 11) is 1.67. The first-order valence-electron chi connectivity index (χ1n) is 16.2. The molecule has 0 aliphatic heterocycles. The van der Waals surface area contributed by atoms with E-state index in [-0.39, 0.29) is 31.6 Å². The zero-order chi connectivity index (χ0) is 31.6. The maximum absolute atomic E-state index is 12.1. The quantitative estimate of drug-likeness (QED) is 0.143. The van der Waals surface area contributed by atoms with Gasteiger partial charge < -0.3 is 35.5 Å². The van der Waals surface area contributed by atoms with E-state index in [0.29, 0.717) is 19.0 Å². The lowest BCUT2D eigenvalue weighted by molar-refractivity contribution is -0.118. The molecule has 1 aliphatic carbocycles. The van der Waals surface area contributed by atoms with Crippen LogP contribution in [-0.2, 0) is 17.8 Å². The van der Waals surface area contributed by atoms with Crippen molar-refractivity contribution < 1.29 is 19.7 Å². The molecule has 0 saturated heterocycles. The highest BCUT2D eigenvalue weighted by Gasteiger charge is 2.21. The molecule has 5 N–H and O–H groups in total. The van der Waals surface area contributed by atoms with Crippen LogP contribution in [0.3, 0.4) is 0 Å². The van der Waals surface area contributed by atoms with Gasteiger partial charge in [0.15, 0.2) is 0 Å². The number of anilines is 1. The number of hydrogen-bond acceptors (Lipinski definition) is 7. The Morgan fingerprint density at radius 3 is 2.38 bits per heavy atom. The highest BCUT2D eigenvalue weighted by atomic mass is 16.5. The highest BCUT2D eigenvalue weighted by molar-refractivity contribution is 5.82. The summed E-state index contributed by atoms with van der Waals surface area (Å²) in [5.41, 5.74) is 11.7. The molecule has 1 unspecified atom stereocenters. The summed E-state index contributed by atoms with van der Waals surface area (Å²) >= 11 is 0. The van der Waals surface area contributed by atoms with E-state index < -0.39 is 0 Å². The number of nitrogens with one attached hydrogen (secondary N) is 1. The van der Waals surface area contributed by atoms with Crippen LogP contribution in [0.5, 0.6) is 5.75 Å². The number of ether oxygens (including phenoxy) is 1. The molecular formula is C36H47N5O4. The Morgan fingerprint density at radius 2 is 1.73 bits per heavy atom. The zero-order valence-corrected chi connectivity index (χ0v) is 26.3. The summed E-state index contributed by atoms with van der Waals surface area (Å²) < 4.78 is 7.60. The van der Waals surface area contributed by atoms with Gasteiger partial charge in [0.2, 0.25) is 5.91 Å². The van der Waals surface area contributed by atoms with Gasteiger partial charge in [-0.05, 0) is 91.4 Å². The molecule has 3 aromatic carbocycles. The first-order valence-corrected chi connectivity index (χ1v) is 16.2. The van der Waals surface area contributed by atoms with Crippen molar-refractivity contribution in [2.24, 2.45) is 11.7 Å². The fourth-order valence-electron chi connectivity index (χ4n) is 6.49. The van der Waals surface area contributed by atoms with Crippen molar-refractivity contribution in [3.63, 3.8) is 0 Å². The summed E-state index contributed by atoms with van der Waals surface area (Å²) in [4.78, 5) is 19.2. The number of amides is 1. The first-order chi connectivity index (χ1) is 22.0. The van der Waals surface area contributed by atoms with Crippen molar-refractivity contribution in [3.8, 4) is 17.1 Å². The van der Waals surface area contributed by atoms with Gasteiger partial charge in [0.1, 0.15) is 11.6 Å². The van der Waals surface area contributed by atoms with E-state index in [1.165, 1.54) is 37.7 Å². The van der Waals surface area contributed by atoms with E-state index in [1.54, 1.807) is 7.11 Å². The van der Waals surface area contributed by atoms with E-state index in [1.807, 2.05) is 41.3 Å². The Bertz CT molecular complexity index is 1510. The number of fused-ring (bicyclic) bond motifs is 1. The topological polar surface area (TPSA) is 126 Å². The van der Waals surface area contributed by atoms with Crippen LogP contribution in [0.2, 0.25) is 0 Å². The summed E-state index contributed by atoms with van der Waals surface area (Å²) in [5, 5.41) is 22.6. The molecule has 1 amide bonds. The minimum atomic E-state index is -0.321. The smallest absolute Gasteiger partial charge is 0.219 e. The molecule has 240 valence electrons. The standard InChI is InChI=1S/C36H47N5O4/c1-45-31-14-7-26(8-15-31)17-18-41-34-16-11-29(32(24-35(37)44)38-25-27-5-3-2-4-6-27)23-33(34)39-36(41)28-9-12-30(13-10-28)40(19-21-42)20-22-43/h7-16,23,27,32,38,42-43H,2-6,17-22,24-25H2,1H3,(H2,37,44). The molecule has 1 aliphatic rings. The fourth-order valence-corrected chi connectivity index (χ4v) is 6.49. The number of carbonyl (C=O) groups is 1. The Kier molecular flexibility index (Phi) is 11.5. The van der Waals surface area contributed by atoms with Crippen molar-refractivity contribution in [1.29, 1.82) is 0 Å². The van der Waals surface area contributed by atoms with E-state index in [9.17, 15) is 15.0 Å². The lowest BCUT2D eigenvalue weighted by Crippen LogP contribution is -2.31. The summed E-state index contributed by atoms with van der Waals surface area (Å²) in [6.07, 6.45) is 7.38. The van der Waals surface area contributed by atoms with Crippen molar-refractivity contribution >= 4 is 22.6 Å². The van der Waals surface area contributed by atoms with Crippen molar-refractivity contribution in [1.82, 2.24) is 14.9 Å². The minimum absolute atomic E-state index is 0.0114. The van der Waals surface area contributed by atoms with E-state index in [0.717, 1.165) is 58.9 Å². The van der Waals surface area contributed by atoms with Gasteiger partial charge >= 0.3 is 0 Å². The van der Waals surface area contributed by atoms with Crippen LogP contribution in [-0.4, -0.2) is 65.6 Å². The van der Waals surface area contributed by atoms with Crippen LogP contribution >= 0.6 is 0 Å². The van der Waals surface area contributed by atoms with Gasteiger partial charge in [0, 0.05) is 43.3 Å². The van der Waals surface area contributed by atoms with E-state index in [4.69, 9.17) is 15.5 Å². The monoisotopic (exact) mass is 613 g/mol. The van der Waals surface area contributed by atoms with Crippen molar-refractivity contribution in [3.05, 3.63) is 77.9 Å². The second-order valence-electron chi connectivity index (χ2n) is 12.0. The molecule has 1 heterocycles. The third-order valence-electron chi connectivity index (χ3n) is 8.97. The van der Waals surface area contributed by atoms with Gasteiger partial charge in [-0.25, -0.2) is 4.98 Å². The number of primary amides is 1. The van der Waals surface area contributed by atoms with Gasteiger partial charge in [0.25, 0.3) is 0 Å². The van der Waals surface area contributed by atoms with Gasteiger partial charge in [0.05, 0.1) is 31.4 Å². The zero-order valence-electron chi connectivity index (χ0n) is 26.3. The third-order valence-corrected chi connectivity index (χ3v) is 8.97. The van der Waals surface area contributed by atoms with Gasteiger partial charge in [-0.15, -0.1) is 0 Å². The second kappa shape index (κ2) is 15.9. The lowest BCUT2D eigenvalue weighted by Gasteiger charge is -2.25. The van der Waals surface area contributed by atoms with Crippen LogP contribution < -0.4 is 20.7 Å². The summed E-state index contributed by atoms with van der Waals surface area (Å²) in [5.74, 6) is 2.01. The molecule has 1 fully saturated rings. The number of carbonyl (C=O) groups excluding carboxylic acids is 1. The van der Waals surface area contributed by atoms with Gasteiger partial charge in [-0.1, -0.05) is 37.5 Å². The number of aryl methyl sites for hydroxylation is 2. The molecular weight excluding hydrogens is 566 g/mol. The largest absolute Gasteiger partial charge is 0.497 e. The molecule has 45 heavy (non-hydrogen) atoms. The van der Waals surface area contributed by atoms with E-state index >= 15 is 0 Å². The van der Waals surface area contributed by atoms with Crippen LogP contribution in [0.1, 0.15) is 55.7 Å². The van der Waals surface area contributed by atoms with Crippen molar-refractivity contribution in [2.75, 3.05) is 44.9 Å². The molecule has 5 rings (SSSR count). The number of aliphatic hydroxyl groups is 2. The number of nitrogens with zero attached hydrogens (tertiary/aromatic N) is 3. The summed E-state index contributed by atoms with van der Waals surface area (Å²) in [6, 6.07) is 22.4. The molecule has 1 atom stereocenters. The molecule has 0 radical (unpaired) electrons. The predicted molar refractivity (Wildman–Crippen MR) is 179 cm³/mol. The normalized spacial score (nSPS) is 14.5. The van der Waals surface area contributed by atoms with Gasteiger partial charge in [-0.2, -0.15) is 0 Å². The predicted octanol–water partition coefficient (Wildman–Crippen LogP) is 4.83. The molecule has 9 nitrogen and oxygen atoms in total. The lowest BCUT2D eigenvalue weighted by atomic mass is 9.89. The minimum Gasteiger partial charge on any atom is -0.497 e. The number of imidazole rings is 1. The number of aromatic nitrogens is 2. The third kappa shape index (κ3) is 8.42. The number of hydrogen-bond donors (Lipinski definition) is 4. The highest BCUT2D eigenvalue weighted by Crippen LogP contribution is 2.31. The molecule has 4 aromatic rings. The number of benzene rings is 3. The van der Waals surface area contributed by atoms with Crippen LogP contribution in [0.4, 0.5) is 5.69 Å². The number of nitrogens with two attached hydrogens (primary N) is 1. The number of aliphatic hydroxyl groups excluding tert-OH is 2. The molecule has 0 bridgehead atoms. The molecule has 0 spiro atoms. The second-order valence-corrected chi connectivity index (χ2v) is 12.0. The number of rotatable bonds is 16. The Balaban J connectivity index is 1.47. The fraction of sp³-hybridized carbons (Fsp3) is 0.444. The molecule has 9 heteroatoms. The average molecular weight is 614 g/mol. The summed E-state index contributed by atoms with van der Waals surface area (Å²) in [6.45, 7) is 2.53. The van der Waals surface area contributed by atoms with E-state index in [2.05, 4.69) is 40.2 Å². The Hall–Kier alpha value is -3.92. The molecule has 1 aromatic heterocycles. The number of methoxy groups -OCH3 is 1. The maximum atomic E-state index is 12.1. The van der Waals surface area contributed by atoms with Gasteiger partial charge in [-0.3, -0.25) is 4.79 Å².